The first kappa shape index (κ1) is 29.6. The Hall–Kier alpha value is -3.42. The van der Waals surface area contributed by atoms with Gasteiger partial charge in [0.05, 0.1) is 32.4 Å². The minimum atomic E-state index is -3.83. The van der Waals surface area contributed by atoms with E-state index in [1.54, 1.807) is 6.07 Å². The summed E-state index contributed by atoms with van der Waals surface area (Å²) in [7, 11) is -3.83. The number of piperidine rings is 1. The summed E-state index contributed by atoms with van der Waals surface area (Å²) in [6.07, 6.45) is 3.06. The highest BCUT2D eigenvalue weighted by molar-refractivity contribution is 7.89. The van der Waals surface area contributed by atoms with Crippen molar-refractivity contribution in [3.8, 4) is 0 Å². The molecule has 3 aromatic rings. The number of nitrogens with one attached hydrogen (secondary N) is 4. The molecule has 0 spiro atoms. The highest BCUT2D eigenvalue weighted by atomic mass is 35.5. The molecule has 0 unspecified atom stereocenters. The first-order valence-corrected chi connectivity index (χ1v) is 14.4. The lowest BCUT2D eigenvalue weighted by Crippen LogP contribution is -2.46. The van der Waals surface area contributed by atoms with Crippen LogP contribution in [0.2, 0.25) is 15.1 Å². The molecule has 2 aromatic carbocycles. The van der Waals surface area contributed by atoms with E-state index in [0.29, 0.717) is 18.5 Å². The van der Waals surface area contributed by atoms with E-state index in [1.807, 2.05) is 0 Å². The molecule has 0 aliphatic carbocycles. The molecule has 1 aromatic heterocycles. The number of benzene rings is 2. The Balaban J connectivity index is 1.37. The van der Waals surface area contributed by atoms with Crippen molar-refractivity contribution < 1.29 is 22.8 Å². The number of rotatable bonds is 8. The zero-order valence-electron chi connectivity index (χ0n) is 20.7. The molecule has 15 heteroatoms. The highest BCUT2D eigenvalue weighted by Gasteiger charge is 2.31. The van der Waals surface area contributed by atoms with Gasteiger partial charge in [0.15, 0.2) is 0 Å². The van der Waals surface area contributed by atoms with Gasteiger partial charge in [-0.3, -0.25) is 19.5 Å². The van der Waals surface area contributed by atoms with Gasteiger partial charge in [-0.1, -0.05) is 47.4 Å². The number of amides is 3. The minimum absolute atomic E-state index is 0.00277. The van der Waals surface area contributed by atoms with Crippen molar-refractivity contribution in [1.29, 1.82) is 0 Å². The summed E-state index contributed by atoms with van der Waals surface area (Å²) < 4.78 is 27.7. The number of hydrogen-bond acceptors (Lipinski definition) is 6. The van der Waals surface area contributed by atoms with Gasteiger partial charge in [-0.15, -0.1) is 0 Å². The van der Waals surface area contributed by atoms with Crippen molar-refractivity contribution in [2.75, 3.05) is 23.7 Å². The lowest BCUT2D eigenvalue weighted by atomic mass is 10.1. The van der Waals surface area contributed by atoms with Gasteiger partial charge >= 0.3 is 0 Å². The lowest BCUT2D eigenvalue weighted by Gasteiger charge is -2.31. The van der Waals surface area contributed by atoms with Crippen molar-refractivity contribution in [2.24, 2.45) is 0 Å². The second kappa shape index (κ2) is 12.4. The number of aromatic amines is 1. The molecule has 11 nitrogen and oxygen atoms in total. The van der Waals surface area contributed by atoms with E-state index >= 15 is 0 Å². The number of carbonyl (C=O) groups is 3. The molecule has 1 fully saturated rings. The molecule has 0 saturated carbocycles. The average molecular weight is 626 g/mol. The van der Waals surface area contributed by atoms with E-state index in [-0.39, 0.29) is 56.0 Å². The van der Waals surface area contributed by atoms with Crippen LogP contribution < -0.4 is 16.0 Å². The Morgan fingerprint density at radius 3 is 2.35 bits per heavy atom. The number of aromatic nitrogens is 2. The molecular weight excluding hydrogens is 603 g/mol. The van der Waals surface area contributed by atoms with Crippen LogP contribution in [0.15, 0.2) is 60.1 Å². The summed E-state index contributed by atoms with van der Waals surface area (Å²) >= 11 is 18.1. The summed E-state index contributed by atoms with van der Waals surface area (Å²) in [5.41, 5.74) is 0.426. The Morgan fingerprint density at radius 2 is 1.70 bits per heavy atom. The van der Waals surface area contributed by atoms with Gasteiger partial charge < -0.3 is 16.0 Å². The number of anilines is 2. The predicted molar refractivity (Wildman–Crippen MR) is 153 cm³/mol. The highest BCUT2D eigenvalue weighted by Crippen LogP contribution is 2.30. The van der Waals surface area contributed by atoms with Gasteiger partial charge in [0.2, 0.25) is 15.9 Å². The van der Waals surface area contributed by atoms with Crippen LogP contribution in [0.5, 0.6) is 0 Å². The van der Waals surface area contributed by atoms with Crippen molar-refractivity contribution in [1.82, 2.24) is 19.8 Å². The van der Waals surface area contributed by atoms with Crippen LogP contribution in [-0.2, 0) is 14.8 Å². The smallest absolute Gasteiger partial charge is 0.271 e. The van der Waals surface area contributed by atoms with Gasteiger partial charge in [-0.2, -0.15) is 9.40 Å². The molecular formula is C25H23Cl3N6O5S. The molecule has 0 radical (unpaired) electrons. The van der Waals surface area contributed by atoms with E-state index in [1.165, 1.54) is 40.8 Å². The van der Waals surface area contributed by atoms with Crippen LogP contribution in [-0.4, -0.2) is 59.8 Å². The summed E-state index contributed by atoms with van der Waals surface area (Å²) in [4.78, 5) is 37.3. The topological polar surface area (TPSA) is 153 Å². The maximum absolute atomic E-state index is 13.2. The van der Waals surface area contributed by atoms with Crippen LogP contribution in [0.1, 0.15) is 33.7 Å². The molecule has 210 valence electrons. The number of halogens is 3. The average Bonchev–Trinajstić information content (AvgIpc) is 3.36. The minimum Gasteiger partial charge on any atom is -0.348 e. The zero-order chi connectivity index (χ0) is 29.0. The molecule has 4 rings (SSSR count). The van der Waals surface area contributed by atoms with Crippen LogP contribution in [0, 0.1) is 0 Å². The Morgan fingerprint density at radius 1 is 1.02 bits per heavy atom. The van der Waals surface area contributed by atoms with Gasteiger partial charge in [0.25, 0.3) is 11.8 Å². The summed E-state index contributed by atoms with van der Waals surface area (Å²) in [6, 6.07) is 8.35. The summed E-state index contributed by atoms with van der Waals surface area (Å²) in [6.45, 7) is 3.70. The van der Waals surface area contributed by atoms with E-state index in [2.05, 4.69) is 32.7 Å². The molecule has 0 atom stereocenters. The van der Waals surface area contributed by atoms with E-state index in [4.69, 9.17) is 34.8 Å². The molecule has 2 heterocycles. The quantitative estimate of drug-likeness (QED) is 0.273. The van der Waals surface area contributed by atoms with Crippen molar-refractivity contribution in [2.45, 2.75) is 23.8 Å². The first-order chi connectivity index (χ1) is 19.0. The number of nitrogens with zero attached hydrogens (tertiary/aromatic N) is 2. The summed E-state index contributed by atoms with van der Waals surface area (Å²) in [5, 5.41) is 14.7. The van der Waals surface area contributed by atoms with E-state index in [0.717, 1.165) is 6.08 Å². The maximum atomic E-state index is 13.2. The maximum Gasteiger partial charge on any atom is 0.271 e. The van der Waals surface area contributed by atoms with E-state index < -0.39 is 27.7 Å². The van der Waals surface area contributed by atoms with Crippen LogP contribution in [0.3, 0.4) is 0 Å². The largest absolute Gasteiger partial charge is 0.348 e. The Bertz CT molecular complexity index is 1560. The van der Waals surface area contributed by atoms with Crippen LogP contribution in [0.25, 0.3) is 0 Å². The SMILES string of the molecule is C=CC(=O)Nc1cccc(S(=O)(=O)N2CCC(NC(=O)c3[nH]ncc3NC(=O)c3c(Cl)cc(Cl)cc3Cl)CC2)c1. The van der Waals surface area contributed by atoms with Gasteiger partial charge in [-0.25, -0.2) is 8.42 Å². The third-order valence-corrected chi connectivity index (χ3v) is 8.77. The third kappa shape index (κ3) is 6.65. The van der Waals surface area contributed by atoms with Crippen molar-refractivity contribution >= 4 is 73.9 Å². The number of H-pyrrole nitrogens is 1. The lowest BCUT2D eigenvalue weighted by molar-refractivity contribution is -0.111. The zero-order valence-corrected chi connectivity index (χ0v) is 23.8. The first-order valence-electron chi connectivity index (χ1n) is 11.8. The van der Waals surface area contributed by atoms with Crippen LogP contribution >= 0.6 is 34.8 Å². The second-order valence-electron chi connectivity index (χ2n) is 8.73. The fraction of sp³-hybridized carbons (Fsp3) is 0.200. The summed E-state index contributed by atoms with van der Waals surface area (Å²) in [5.74, 6) is -1.65. The molecule has 1 aliphatic rings. The number of hydrogen-bond donors (Lipinski definition) is 4. The third-order valence-electron chi connectivity index (χ3n) is 6.06. The molecule has 4 N–H and O–H groups in total. The fourth-order valence-corrected chi connectivity index (χ4v) is 6.58. The van der Waals surface area contributed by atoms with Gasteiger partial charge in [0.1, 0.15) is 5.69 Å². The Labute approximate surface area is 244 Å². The number of carbonyl (C=O) groups excluding carboxylic acids is 3. The molecule has 3 amide bonds. The second-order valence-corrected chi connectivity index (χ2v) is 11.9. The molecule has 1 saturated heterocycles. The number of sulfonamides is 1. The van der Waals surface area contributed by atoms with E-state index in [9.17, 15) is 22.8 Å². The fourth-order valence-electron chi connectivity index (χ4n) is 4.07. The van der Waals surface area contributed by atoms with Crippen molar-refractivity contribution in [3.63, 3.8) is 0 Å². The predicted octanol–water partition coefficient (Wildman–Crippen LogP) is 4.33. The Kier molecular flexibility index (Phi) is 9.16. The molecule has 40 heavy (non-hydrogen) atoms. The molecule has 1 aliphatic heterocycles. The van der Waals surface area contributed by atoms with Crippen molar-refractivity contribution in [3.05, 3.63) is 81.6 Å². The monoisotopic (exact) mass is 624 g/mol. The van der Waals surface area contributed by atoms with Crippen LogP contribution in [0.4, 0.5) is 11.4 Å². The van der Waals surface area contributed by atoms with Gasteiger partial charge in [-0.05, 0) is 49.2 Å². The van der Waals surface area contributed by atoms with Gasteiger partial charge in [0, 0.05) is 29.8 Å². The molecule has 0 bridgehead atoms. The normalized spacial score (nSPS) is 14.4. The standard InChI is InChI=1S/C25H23Cl3N6O5S/c1-2-21(35)30-16-4-3-5-17(12-16)40(38,39)34-8-6-15(7-9-34)31-25(37)23-20(13-29-33-23)32-24(36)22-18(27)10-14(26)11-19(22)28/h2-5,10-13,15H,1,6-9H2,(H,29,33)(H,30,35)(H,31,37)(H,32,36).